The molecule has 7 aromatic rings. The van der Waals surface area contributed by atoms with Gasteiger partial charge in [-0.1, -0.05) is 52.0 Å². The molecule has 8 rings (SSSR count). The van der Waals surface area contributed by atoms with E-state index in [0.717, 1.165) is 77.8 Å². The third-order valence-corrected chi connectivity index (χ3v) is 8.15. The highest BCUT2D eigenvalue weighted by Gasteiger charge is 2.23. The van der Waals surface area contributed by atoms with Gasteiger partial charge < -0.3 is 14.7 Å². The lowest BCUT2D eigenvalue weighted by atomic mass is 9.92. The third kappa shape index (κ3) is 3.32. The number of nitrogens with one attached hydrogen (secondary N) is 2. The topological polar surface area (TPSA) is 79.5 Å². The smallest absolute Gasteiger partial charge is 0.155 e. The number of ether oxygens (including phenoxy) is 1. The Morgan fingerprint density at radius 2 is 1.45 bits per heavy atom. The number of nitrogens with zero attached hydrogens (tertiary/aromatic N) is 3. The van der Waals surface area contributed by atoms with Crippen molar-refractivity contribution in [3.05, 3.63) is 84.1 Å². The number of imidazole rings is 2. The van der Waals surface area contributed by atoms with Crippen molar-refractivity contribution in [2.45, 2.75) is 46.1 Å². The SMILES string of the molecule is CC(C)c1nc2c3c(ccc2[nH]1)-c1ccc(-c2ccc4c(c2)c2ncccc2c2nc(C(C)C)[nH]c42)cc1CO3. The fourth-order valence-electron chi connectivity index (χ4n) is 6.01. The van der Waals surface area contributed by atoms with Gasteiger partial charge in [-0.15, -0.1) is 0 Å². The van der Waals surface area contributed by atoms with Crippen LogP contribution in [0.4, 0.5) is 0 Å². The van der Waals surface area contributed by atoms with Crippen molar-refractivity contribution in [1.29, 1.82) is 0 Å². The minimum atomic E-state index is 0.317. The summed E-state index contributed by atoms with van der Waals surface area (Å²) < 4.78 is 6.34. The zero-order valence-electron chi connectivity index (χ0n) is 23.0. The molecule has 0 amide bonds. The van der Waals surface area contributed by atoms with Crippen LogP contribution in [0.15, 0.2) is 66.9 Å². The third-order valence-electron chi connectivity index (χ3n) is 8.15. The van der Waals surface area contributed by atoms with Gasteiger partial charge in [0, 0.05) is 39.8 Å². The van der Waals surface area contributed by atoms with Gasteiger partial charge in [0.25, 0.3) is 0 Å². The van der Waals surface area contributed by atoms with E-state index in [1.165, 1.54) is 11.1 Å². The van der Waals surface area contributed by atoms with Crippen LogP contribution >= 0.6 is 0 Å². The Balaban J connectivity index is 1.27. The van der Waals surface area contributed by atoms with E-state index < -0.39 is 0 Å². The number of hydrogen-bond acceptors (Lipinski definition) is 4. The van der Waals surface area contributed by atoms with E-state index in [0.29, 0.717) is 18.4 Å². The number of H-pyrrole nitrogens is 2. The molecule has 2 N–H and O–H groups in total. The van der Waals surface area contributed by atoms with Gasteiger partial charge in [-0.25, -0.2) is 9.97 Å². The van der Waals surface area contributed by atoms with E-state index in [2.05, 4.69) is 92.3 Å². The van der Waals surface area contributed by atoms with Crippen LogP contribution in [-0.4, -0.2) is 24.9 Å². The summed E-state index contributed by atoms with van der Waals surface area (Å²) in [5.41, 5.74) is 10.8. The summed E-state index contributed by atoms with van der Waals surface area (Å²) in [5.74, 6) is 3.50. The molecule has 1 aliphatic rings. The number of hydrogen-bond donors (Lipinski definition) is 2. The van der Waals surface area contributed by atoms with Crippen molar-refractivity contribution >= 4 is 43.7 Å². The highest BCUT2D eigenvalue weighted by atomic mass is 16.5. The molecule has 0 saturated carbocycles. The van der Waals surface area contributed by atoms with Gasteiger partial charge in [0.05, 0.1) is 22.1 Å². The maximum absolute atomic E-state index is 6.34. The zero-order chi connectivity index (χ0) is 27.1. The van der Waals surface area contributed by atoms with Gasteiger partial charge in [-0.05, 0) is 58.7 Å². The van der Waals surface area contributed by atoms with Crippen molar-refractivity contribution in [1.82, 2.24) is 24.9 Å². The number of pyridine rings is 1. The Bertz CT molecular complexity index is 2130. The number of aromatic amines is 2. The van der Waals surface area contributed by atoms with Gasteiger partial charge in [0.2, 0.25) is 0 Å². The van der Waals surface area contributed by atoms with Crippen LogP contribution in [0.2, 0.25) is 0 Å². The maximum atomic E-state index is 6.34. The van der Waals surface area contributed by atoms with Crippen LogP contribution in [0.1, 0.15) is 56.7 Å². The molecule has 0 bridgehead atoms. The van der Waals surface area contributed by atoms with Crippen LogP contribution in [0.3, 0.4) is 0 Å². The summed E-state index contributed by atoms with van der Waals surface area (Å²) in [5, 5.41) is 3.34. The quantitative estimate of drug-likeness (QED) is 0.227. The molecule has 0 unspecified atom stereocenters. The Morgan fingerprint density at radius 3 is 2.30 bits per heavy atom. The molecule has 0 spiro atoms. The van der Waals surface area contributed by atoms with E-state index in [-0.39, 0.29) is 0 Å². The first-order chi connectivity index (χ1) is 19.5. The van der Waals surface area contributed by atoms with Gasteiger partial charge in [-0.3, -0.25) is 4.98 Å². The van der Waals surface area contributed by atoms with Crippen LogP contribution in [0.5, 0.6) is 5.75 Å². The predicted octanol–water partition coefficient (Wildman–Crippen LogP) is 8.61. The van der Waals surface area contributed by atoms with Gasteiger partial charge >= 0.3 is 0 Å². The molecule has 0 aliphatic carbocycles. The summed E-state index contributed by atoms with van der Waals surface area (Å²) in [6.07, 6.45) is 1.87. The maximum Gasteiger partial charge on any atom is 0.155 e. The summed E-state index contributed by atoms with van der Waals surface area (Å²) in [7, 11) is 0. The molecule has 6 nitrogen and oxygen atoms in total. The minimum absolute atomic E-state index is 0.317. The summed E-state index contributed by atoms with van der Waals surface area (Å²) >= 11 is 0. The summed E-state index contributed by atoms with van der Waals surface area (Å²) in [6.45, 7) is 9.14. The molecule has 6 heteroatoms. The van der Waals surface area contributed by atoms with Crippen LogP contribution in [0, 0.1) is 0 Å². The molecule has 0 saturated heterocycles. The molecule has 0 atom stereocenters. The molecule has 4 aromatic carbocycles. The van der Waals surface area contributed by atoms with Crippen LogP contribution < -0.4 is 4.74 Å². The molecule has 1 aliphatic heterocycles. The van der Waals surface area contributed by atoms with E-state index >= 15 is 0 Å². The molecule has 3 aromatic heterocycles. The van der Waals surface area contributed by atoms with Crippen LogP contribution in [0.25, 0.3) is 66.0 Å². The predicted molar refractivity (Wildman–Crippen MR) is 162 cm³/mol. The minimum Gasteiger partial charge on any atom is -0.486 e. The van der Waals surface area contributed by atoms with Gasteiger partial charge in [0.15, 0.2) is 5.75 Å². The average Bonchev–Trinajstić information content (AvgIpc) is 3.63. The van der Waals surface area contributed by atoms with Crippen molar-refractivity contribution in [3.8, 4) is 28.0 Å². The molecule has 196 valence electrons. The molecule has 40 heavy (non-hydrogen) atoms. The molecule has 0 fully saturated rings. The highest BCUT2D eigenvalue weighted by Crippen LogP contribution is 2.43. The van der Waals surface area contributed by atoms with Gasteiger partial charge in [-0.2, -0.15) is 0 Å². The lowest BCUT2D eigenvalue weighted by Gasteiger charge is -2.22. The Hall–Kier alpha value is -4.71. The normalized spacial score (nSPS) is 13.1. The second kappa shape index (κ2) is 8.39. The lowest BCUT2D eigenvalue weighted by molar-refractivity contribution is 0.305. The first-order valence-electron chi connectivity index (χ1n) is 14.0. The number of fused-ring (bicyclic) bond motifs is 11. The fraction of sp³-hybridized carbons (Fsp3) is 0.206. The lowest BCUT2D eigenvalue weighted by Crippen LogP contribution is -2.06. The highest BCUT2D eigenvalue weighted by molar-refractivity contribution is 6.22. The summed E-state index contributed by atoms with van der Waals surface area (Å²) in [4.78, 5) is 21.6. The van der Waals surface area contributed by atoms with Crippen molar-refractivity contribution in [2.75, 3.05) is 0 Å². The fourth-order valence-corrected chi connectivity index (χ4v) is 6.01. The van der Waals surface area contributed by atoms with Crippen molar-refractivity contribution < 1.29 is 4.74 Å². The molecule has 0 radical (unpaired) electrons. The zero-order valence-corrected chi connectivity index (χ0v) is 23.0. The molecular formula is C34H29N5O. The number of aromatic nitrogens is 5. The van der Waals surface area contributed by atoms with Crippen molar-refractivity contribution in [3.63, 3.8) is 0 Å². The van der Waals surface area contributed by atoms with Crippen LogP contribution in [-0.2, 0) is 6.61 Å². The Kier molecular flexibility index (Phi) is 4.87. The first kappa shape index (κ1) is 23.2. The standard InChI is InChI=1S/C34H29N5O/c1-17(2)33-36-27-12-11-24-22-9-7-19(14-21(22)16-40-32(24)31(27)39-33)20-8-10-23-26(15-20)28-25(6-5-13-35-28)30-29(23)37-34(38-30)18(3)4/h5-15,17-18H,16H2,1-4H3,(H,36,39)(H,37,38). The monoisotopic (exact) mass is 523 g/mol. The van der Waals surface area contributed by atoms with E-state index in [4.69, 9.17) is 19.7 Å². The van der Waals surface area contributed by atoms with E-state index in [1.54, 1.807) is 0 Å². The van der Waals surface area contributed by atoms with E-state index in [1.807, 2.05) is 12.3 Å². The second-order valence-electron chi connectivity index (χ2n) is 11.4. The Morgan fingerprint density at radius 1 is 0.700 bits per heavy atom. The first-order valence-corrected chi connectivity index (χ1v) is 14.0. The summed E-state index contributed by atoms with van der Waals surface area (Å²) in [6, 6.07) is 21.7. The van der Waals surface area contributed by atoms with Crippen molar-refractivity contribution in [2.24, 2.45) is 0 Å². The number of benzene rings is 4. The second-order valence-corrected chi connectivity index (χ2v) is 11.4. The average molecular weight is 524 g/mol. The Labute approximate surface area is 231 Å². The van der Waals surface area contributed by atoms with Gasteiger partial charge in [0.1, 0.15) is 23.8 Å². The molecular weight excluding hydrogens is 494 g/mol. The van der Waals surface area contributed by atoms with E-state index in [9.17, 15) is 0 Å². The largest absolute Gasteiger partial charge is 0.486 e. The molecule has 4 heterocycles. The number of rotatable bonds is 3.